The molecule has 2 N–H and O–H groups in total. The Morgan fingerprint density at radius 2 is 2.17 bits per heavy atom. The molecule has 0 unspecified atom stereocenters. The van der Waals surface area contributed by atoms with Crippen molar-refractivity contribution >= 4 is 5.91 Å². The topological polar surface area (TPSA) is 68.2 Å². The predicted molar refractivity (Wildman–Crippen MR) is 80.4 cm³/mol. The van der Waals surface area contributed by atoms with Crippen LogP contribution < -0.4 is 15.6 Å². The summed E-state index contributed by atoms with van der Waals surface area (Å²) in [6.07, 6.45) is -0.809. The summed E-state index contributed by atoms with van der Waals surface area (Å²) in [7, 11) is 0. The molecule has 0 aliphatic carbocycles. The zero-order valence-electron chi connectivity index (χ0n) is 12.9. The lowest BCUT2D eigenvalue weighted by Gasteiger charge is -2.10. The van der Waals surface area contributed by atoms with Gasteiger partial charge in [0.05, 0.1) is 24.1 Å². The van der Waals surface area contributed by atoms with Crippen molar-refractivity contribution in [1.29, 1.82) is 0 Å². The van der Waals surface area contributed by atoms with E-state index in [1.807, 2.05) is 6.92 Å². The standard InChI is InChI=1S/C15H17F3N4O2/c1-2-6-20-21-14(23)7-11-9-22(10-19-11)12-4-3-5-13(8-12)24-15(16,17)18/h3-5,8-10,20H,2,6-7H2,1H3,(H,21,23). The molecule has 0 spiro atoms. The molecule has 0 aliphatic rings. The second kappa shape index (κ2) is 7.82. The van der Waals surface area contributed by atoms with E-state index >= 15 is 0 Å². The lowest BCUT2D eigenvalue weighted by molar-refractivity contribution is -0.274. The van der Waals surface area contributed by atoms with Gasteiger partial charge in [0.25, 0.3) is 0 Å². The van der Waals surface area contributed by atoms with Crippen LogP contribution in [-0.2, 0) is 11.2 Å². The van der Waals surface area contributed by atoms with E-state index in [0.717, 1.165) is 6.42 Å². The number of hydrogen-bond donors (Lipinski definition) is 2. The fourth-order valence-corrected chi connectivity index (χ4v) is 1.93. The summed E-state index contributed by atoms with van der Waals surface area (Å²) in [5, 5.41) is 0. The molecule has 130 valence electrons. The third-order valence-electron chi connectivity index (χ3n) is 2.93. The maximum atomic E-state index is 12.3. The molecule has 0 bridgehead atoms. The number of carbonyl (C=O) groups excluding carboxylic acids is 1. The number of halogens is 3. The summed E-state index contributed by atoms with van der Waals surface area (Å²) in [6, 6.07) is 5.50. The maximum absolute atomic E-state index is 12.3. The Morgan fingerprint density at radius 1 is 1.38 bits per heavy atom. The van der Waals surface area contributed by atoms with E-state index in [-0.39, 0.29) is 18.1 Å². The molecule has 9 heteroatoms. The second-order valence-corrected chi connectivity index (χ2v) is 4.97. The molecule has 1 amide bonds. The molecule has 24 heavy (non-hydrogen) atoms. The lowest BCUT2D eigenvalue weighted by atomic mass is 10.3. The number of hydrogen-bond acceptors (Lipinski definition) is 4. The molecule has 2 aromatic rings. The summed E-state index contributed by atoms with van der Waals surface area (Å²) in [6.45, 7) is 2.63. The second-order valence-electron chi connectivity index (χ2n) is 4.97. The highest BCUT2D eigenvalue weighted by atomic mass is 19.4. The Bertz CT molecular complexity index is 685. The van der Waals surface area contributed by atoms with Crippen LogP contribution in [0.3, 0.4) is 0 Å². The van der Waals surface area contributed by atoms with E-state index in [0.29, 0.717) is 17.9 Å². The molecular weight excluding hydrogens is 325 g/mol. The van der Waals surface area contributed by atoms with Crippen LogP contribution in [0.5, 0.6) is 5.75 Å². The minimum absolute atomic E-state index is 0.0580. The van der Waals surface area contributed by atoms with Gasteiger partial charge in [0.15, 0.2) is 0 Å². The van der Waals surface area contributed by atoms with Crippen LogP contribution in [0, 0.1) is 0 Å². The summed E-state index contributed by atoms with van der Waals surface area (Å²) >= 11 is 0. The van der Waals surface area contributed by atoms with E-state index in [2.05, 4.69) is 20.6 Å². The first-order valence-corrected chi connectivity index (χ1v) is 7.28. The van der Waals surface area contributed by atoms with Crippen LogP contribution in [0.2, 0.25) is 0 Å². The van der Waals surface area contributed by atoms with Gasteiger partial charge in [0.2, 0.25) is 5.91 Å². The number of imidazole rings is 1. The van der Waals surface area contributed by atoms with Crippen LogP contribution in [0.15, 0.2) is 36.8 Å². The number of nitrogens with zero attached hydrogens (tertiary/aromatic N) is 2. The van der Waals surface area contributed by atoms with E-state index in [4.69, 9.17) is 0 Å². The average Bonchev–Trinajstić information content (AvgIpc) is 2.94. The van der Waals surface area contributed by atoms with Crippen LogP contribution in [0.25, 0.3) is 5.69 Å². The number of carbonyl (C=O) groups is 1. The maximum Gasteiger partial charge on any atom is 0.573 e. The largest absolute Gasteiger partial charge is 0.573 e. The lowest BCUT2D eigenvalue weighted by Crippen LogP contribution is -2.38. The molecule has 1 aromatic heterocycles. The van der Waals surface area contributed by atoms with Crippen LogP contribution >= 0.6 is 0 Å². The number of aromatic nitrogens is 2. The van der Waals surface area contributed by atoms with Crippen molar-refractivity contribution in [2.45, 2.75) is 26.1 Å². The third kappa shape index (κ3) is 5.58. The van der Waals surface area contributed by atoms with Gasteiger partial charge in [-0.05, 0) is 18.6 Å². The average molecular weight is 342 g/mol. The molecular formula is C15H17F3N4O2. The molecule has 0 atom stereocenters. The van der Waals surface area contributed by atoms with Gasteiger partial charge in [-0.1, -0.05) is 13.0 Å². The Morgan fingerprint density at radius 3 is 2.88 bits per heavy atom. The van der Waals surface area contributed by atoms with Crippen LogP contribution in [0.1, 0.15) is 19.0 Å². The Hall–Kier alpha value is -2.55. The first-order chi connectivity index (χ1) is 11.4. The van der Waals surface area contributed by atoms with Gasteiger partial charge in [0.1, 0.15) is 5.75 Å². The highest BCUT2D eigenvalue weighted by Crippen LogP contribution is 2.24. The molecule has 1 aromatic carbocycles. The van der Waals surface area contributed by atoms with Crippen molar-refractivity contribution < 1.29 is 22.7 Å². The minimum Gasteiger partial charge on any atom is -0.406 e. The van der Waals surface area contributed by atoms with Crippen molar-refractivity contribution in [1.82, 2.24) is 20.4 Å². The quantitative estimate of drug-likeness (QED) is 0.599. The predicted octanol–water partition coefficient (Wildman–Crippen LogP) is 2.34. The molecule has 6 nitrogen and oxygen atoms in total. The SMILES string of the molecule is CCCNNC(=O)Cc1cn(-c2cccc(OC(F)(F)F)c2)cn1. The number of rotatable bonds is 7. The van der Waals surface area contributed by atoms with Crippen LogP contribution in [0.4, 0.5) is 13.2 Å². The first kappa shape index (κ1) is 17.8. The van der Waals surface area contributed by atoms with Crippen molar-refractivity contribution in [3.63, 3.8) is 0 Å². The van der Waals surface area contributed by atoms with Crippen molar-refractivity contribution in [2.75, 3.05) is 6.54 Å². The molecule has 0 radical (unpaired) electrons. The first-order valence-electron chi connectivity index (χ1n) is 7.28. The highest BCUT2D eigenvalue weighted by molar-refractivity contribution is 5.77. The van der Waals surface area contributed by atoms with E-state index in [1.54, 1.807) is 12.3 Å². The van der Waals surface area contributed by atoms with E-state index in [9.17, 15) is 18.0 Å². The van der Waals surface area contributed by atoms with Crippen LogP contribution in [-0.4, -0.2) is 28.4 Å². The number of benzene rings is 1. The Kier molecular flexibility index (Phi) is 5.80. The number of amides is 1. The molecule has 0 saturated heterocycles. The minimum atomic E-state index is -4.75. The van der Waals surface area contributed by atoms with Crippen molar-refractivity contribution in [3.05, 3.63) is 42.5 Å². The number of alkyl halides is 3. The normalized spacial score (nSPS) is 11.3. The molecule has 0 saturated carbocycles. The zero-order valence-corrected chi connectivity index (χ0v) is 12.9. The third-order valence-corrected chi connectivity index (χ3v) is 2.93. The Balaban J connectivity index is 2.02. The summed E-state index contributed by atoms with van der Waals surface area (Å²) < 4.78 is 42.2. The van der Waals surface area contributed by atoms with E-state index in [1.165, 1.54) is 29.1 Å². The summed E-state index contributed by atoms with van der Waals surface area (Å²) in [5.41, 5.74) is 6.24. The number of hydrazine groups is 1. The van der Waals surface area contributed by atoms with Gasteiger partial charge in [-0.3, -0.25) is 10.2 Å². The molecule has 1 heterocycles. The molecule has 2 rings (SSSR count). The van der Waals surface area contributed by atoms with Crippen molar-refractivity contribution in [2.24, 2.45) is 0 Å². The van der Waals surface area contributed by atoms with Gasteiger partial charge in [-0.15, -0.1) is 13.2 Å². The molecule has 0 fully saturated rings. The molecule has 0 aliphatic heterocycles. The fraction of sp³-hybridized carbons (Fsp3) is 0.333. The van der Waals surface area contributed by atoms with Gasteiger partial charge < -0.3 is 9.30 Å². The number of ether oxygens (including phenoxy) is 1. The summed E-state index contributed by atoms with van der Waals surface area (Å²) in [5.74, 6) is -0.570. The zero-order chi connectivity index (χ0) is 17.6. The smallest absolute Gasteiger partial charge is 0.406 e. The van der Waals surface area contributed by atoms with Crippen molar-refractivity contribution in [3.8, 4) is 11.4 Å². The fourth-order valence-electron chi connectivity index (χ4n) is 1.93. The highest BCUT2D eigenvalue weighted by Gasteiger charge is 2.31. The van der Waals surface area contributed by atoms with Gasteiger partial charge >= 0.3 is 6.36 Å². The Labute approximate surface area is 136 Å². The monoisotopic (exact) mass is 342 g/mol. The summed E-state index contributed by atoms with van der Waals surface area (Å²) in [4.78, 5) is 15.8. The van der Waals surface area contributed by atoms with Gasteiger partial charge in [-0.2, -0.15) is 0 Å². The van der Waals surface area contributed by atoms with E-state index < -0.39 is 6.36 Å². The van der Waals surface area contributed by atoms with Gasteiger partial charge in [0, 0.05) is 18.8 Å². The van der Waals surface area contributed by atoms with Gasteiger partial charge in [-0.25, -0.2) is 10.4 Å². The number of nitrogens with one attached hydrogen (secondary N) is 2.